The SMILES string of the molecule is Cc1ccc(C(OC2CCN(C)CC2)c2nc3ccccc3[nH]2)c(F)c1. The predicted octanol–water partition coefficient (Wildman–Crippen LogP) is 4.21. The Labute approximate surface area is 153 Å². The van der Waals surface area contributed by atoms with Crippen LogP contribution >= 0.6 is 0 Å². The molecule has 1 aliphatic heterocycles. The standard InChI is InChI=1S/C21H24FN3O/c1-14-7-8-16(17(22)13-14)20(26-15-9-11-25(2)12-10-15)21-23-18-5-3-4-6-19(18)24-21/h3-8,13,15,20H,9-12H2,1-2H3,(H,23,24). The molecule has 0 amide bonds. The van der Waals surface area contributed by atoms with Gasteiger partial charge in [0.2, 0.25) is 0 Å². The van der Waals surface area contributed by atoms with Gasteiger partial charge in [0.25, 0.3) is 0 Å². The van der Waals surface area contributed by atoms with Crippen molar-refractivity contribution in [2.45, 2.75) is 32.0 Å². The third-order valence-electron chi connectivity index (χ3n) is 5.09. The number of piperidine rings is 1. The average Bonchev–Trinajstić information content (AvgIpc) is 3.06. The number of nitrogens with zero attached hydrogens (tertiary/aromatic N) is 2. The molecule has 1 unspecified atom stereocenters. The Bertz CT molecular complexity index is 866. The number of aromatic amines is 1. The van der Waals surface area contributed by atoms with E-state index in [9.17, 15) is 4.39 Å². The summed E-state index contributed by atoms with van der Waals surface area (Å²) in [5.41, 5.74) is 3.24. The Morgan fingerprint density at radius 1 is 1.19 bits per heavy atom. The molecule has 0 radical (unpaired) electrons. The van der Waals surface area contributed by atoms with E-state index in [4.69, 9.17) is 4.74 Å². The number of ether oxygens (including phenoxy) is 1. The predicted molar refractivity (Wildman–Crippen MR) is 101 cm³/mol. The summed E-state index contributed by atoms with van der Waals surface area (Å²) in [4.78, 5) is 10.3. The highest BCUT2D eigenvalue weighted by Crippen LogP contribution is 2.31. The number of benzene rings is 2. The number of fused-ring (bicyclic) bond motifs is 1. The lowest BCUT2D eigenvalue weighted by atomic mass is 10.0. The molecular formula is C21H24FN3O. The fourth-order valence-corrected chi connectivity index (χ4v) is 3.54. The molecule has 1 saturated heterocycles. The Balaban J connectivity index is 1.70. The summed E-state index contributed by atoms with van der Waals surface area (Å²) < 4.78 is 21.1. The van der Waals surface area contributed by atoms with Gasteiger partial charge in [-0.25, -0.2) is 9.37 Å². The van der Waals surface area contributed by atoms with E-state index in [-0.39, 0.29) is 11.9 Å². The van der Waals surface area contributed by atoms with Gasteiger partial charge in [-0.2, -0.15) is 0 Å². The number of nitrogens with one attached hydrogen (secondary N) is 1. The molecule has 3 aromatic rings. The van der Waals surface area contributed by atoms with Crippen molar-refractivity contribution in [2.24, 2.45) is 0 Å². The molecule has 0 spiro atoms. The van der Waals surface area contributed by atoms with Gasteiger partial charge in [-0.3, -0.25) is 0 Å². The van der Waals surface area contributed by atoms with Gasteiger partial charge in [-0.1, -0.05) is 24.3 Å². The van der Waals surface area contributed by atoms with Gasteiger partial charge in [0.05, 0.1) is 17.1 Å². The average molecular weight is 353 g/mol. The van der Waals surface area contributed by atoms with Crippen molar-refractivity contribution in [3.63, 3.8) is 0 Å². The van der Waals surface area contributed by atoms with E-state index in [1.807, 2.05) is 43.3 Å². The van der Waals surface area contributed by atoms with E-state index in [0.29, 0.717) is 11.4 Å². The zero-order valence-electron chi connectivity index (χ0n) is 15.2. The van der Waals surface area contributed by atoms with E-state index < -0.39 is 6.10 Å². The van der Waals surface area contributed by atoms with Crippen LogP contribution < -0.4 is 0 Å². The fraction of sp³-hybridized carbons (Fsp3) is 0.381. The Hall–Kier alpha value is -2.24. The number of H-pyrrole nitrogens is 1. The highest BCUT2D eigenvalue weighted by molar-refractivity contribution is 5.74. The first-order chi connectivity index (χ1) is 12.6. The number of hydrogen-bond donors (Lipinski definition) is 1. The maximum atomic E-state index is 14.7. The Morgan fingerprint density at radius 3 is 2.69 bits per heavy atom. The number of halogens is 1. The van der Waals surface area contributed by atoms with Crippen molar-refractivity contribution in [1.29, 1.82) is 0 Å². The van der Waals surface area contributed by atoms with Crippen molar-refractivity contribution < 1.29 is 9.13 Å². The van der Waals surface area contributed by atoms with E-state index in [0.717, 1.165) is 42.5 Å². The normalized spacial score (nSPS) is 17.7. The van der Waals surface area contributed by atoms with Gasteiger partial charge in [0.15, 0.2) is 0 Å². The van der Waals surface area contributed by atoms with Crippen molar-refractivity contribution >= 4 is 11.0 Å². The molecule has 26 heavy (non-hydrogen) atoms. The minimum atomic E-state index is -0.531. The van der Waals surface area contributed by atoms with Crippen molar-refractivity contribution in [3.05, 3.63) is 65.2 Å². The van der Waals surface area contributed by atoms with Gasteiger partial charge >= 0.3 is 0 Å². The van der Waals surface area contributed by atoms with Crippen LogP contribution in [0.3, 0.4) is 0 Å². The van der Waals surface area contributed by atoms with Crippen LogP contribution in [-0.4, -0.2) is 41.1 Å². The second kappa shape index (κ2) is 7.17. The first-order valence-corrected chi connectivity index (χ1v) is 9.15. The lowest BCUT2D eigenvalue weighted by Crippen LogP contribution is -2.35. The number of rotatable bonds is 4. The zero-order valence-corrected chi connectivity index (χ0v) is 15.2. The number of likely N-dealkylation sites (tertiary alicyclic amines) is 1. The first-order valence-electron chi connectivity index (χ1n) is 9.15. The largest absolute Gasteiger partial charge is 0.362 e. The van der Waals surface area contributed by atoms with Crippen molar-refractivity contribution in [3.8, 4) is 0 Å². The highest BCUT2D eigenvalue weighted by Gasteiger charge is 2.27. The second-order valence-corrected chi connectivity index (χ2v) is 7.18. The van der Waals surface area contributed by atoms with E-state index in [1.54, 1.807) is 6.07 Å². The smallest absolute Gasteiger partial charge is 0.143 e. The van der Waals surface area contributed by atoms with E-state index in [2.05, 4.69) is 21.9 Å². The number of hydrogen-bond acceptors (Lipinski definition) is 3. The van der Waals surface area contributed by atoms with Crippen LogP contribution in [0.15, 0.2) is 42.5 Å². The summed E-state index contributed by atoms with van der Waals surface area (Å²) in [6.45, 7) is 3.88. The lowest BCUT2D eigenvalue weighted by Gasteiger charge is -2.31. The second-order valence-electron chi connectivity index (χ2n) is 7.18. The van der Waals surface area contributed by atoms with Gasteiger partial charge in [0.1, 0.15) is 17.7 Å². The van der Waals surface area contributed by atoms with Gasteiger partial charge < -0.3 is 14.6 Å². The maximum Gasteiger partial charge on any atom is 0.143 e. The molecular weight excluding hydrogens is 329 g/mol. The quantitative estimate of drug-likeness (QED) is 0.764. The molecule has 1 aromatic heterocycles. The third kappa shape index (κ3) is 3.50. The van der Waals surface area contributed by atoms with Crippen LogP contribution in [0.4, 0.5) is 4.39 Å². The van der Waals surface area contributed by atoms with Crippen LogP contribution in [0.25, 0.3) is 11.0 Å². The van der Waals surface area contributed by atoms with Crippen molar-refractivity contribution in [2.75, 3.05) is 20.1 Å². The molecule has 0 aliphatic carbocycles. The molecule has 5 heteroatoms. The summed E-state index contributed by atoms with van der Waals surface area (Å²) in [6.07, 6.45) is 1.46. The van der Waals surface area contributed by atoms with Gasteiger partial charge in [-0.05, 0) is 50.6 Å². The van der Waals surface area contributed by atoms with E-state index in [1.165, 1.54) is 0 Å². The van der Waals surface area contributed by atoms with Crippen LogP contribution in [0, 0.1) is 12.7 Å². The van der Waals surface area contributed by atoms with Crippen LogP contribution in [-0.2, 0) is 4.74 Å². The Morgan fingerprint density at radius 2 is 1.96 bits per heavy atom. The number of imidazole rings is 1. The molecule has 4 rings (SSSR count). The minimum absolute atomic E-state index is 0.102. The monoisotopic (exact) mass is 353 g/mol. The zero-order chi connectivity index (χ0) is 18.1. The van der Waals surface area contributed by atoms with Crippen LogP contribution in [0.1, 0.15) is 35.9 Å². The topological polar surface area (TPSA) is 41.1 Å². The number of aryl methyl sites for hydroxylation is 1. The molecule has 4 nitrogen and oxygen atoms in total. The molecule has 1 aliphatic rings. The summed E-state index contributed by atoms with van der Waals surface area (Å²) in [5.74, 6) is 0.413. The molecule has 1 N–H and O–H groups in total. The number of aromatic nitrogens is 2. The minimum Gasteiger partial charge on any atom is -0.362 e. The summed E-state index contributed by atoms with van der Waals surface area (Å²) in [6, 6.07) is 13.1. The van der Waals surface area contributed by atoms with Gasteiger partial charge in [0, 0.05) is 18.7 Å². The highest BCUT2D eigenvalue weighted by atomic mass is 19.1. The Kier molecular flexibility index (Phi) is 4.74. The number of para-hydroxylation sites is 2. The molecule has 1 atom stereocenters. The van der Waals surface area contributed by atoms with Crippen LogP contribution in [0.2, 0.25) is 0 Å². The summed E-state index contributed by atoms with van der Waals surface area (Å²) in [7, 11) is 2.12. The summed E-state index contributed by atoms with van der Waals surface area (Å²) >= 11 is 0. The fourth-order valence-electron chi connectivity index (χ4n) is 3.54. The lowest BCUT2D eigenvalue weighted by molar-refractivity contribution is -0.0276. The molecule has 2 aromatic carbocycles. The third-order valence-corrected chi connectivity index (χ3v) is 5.09. The maximum absolute atomic E-state index is 14.7. The molecule has 0 bridgehead atoms. The van der Waals surface area contributed by atoms with Crippen molar-refractivity contribution in [1.82, 2.24) is 14.9 Å². The molecule has 2 heterocycles. The summed E-state index contributed by atoms with van der Waals surface area (Å²) in [5, 5.41) is 0. The molecule has 1 fully saturated rings. The molecule has 136 valence electrons. The first kappa shape index (κ1) is 17.2. The van der Waals surface area contributed by atoms with E-state index >= 15 is 0 Å². The van der Waals surface area contributed by atoms with Crippen LogP contribution in [0.5, 0.6) is 0 Å². The van der Waals surface area contributed by atoms with Gasteiger partial charge in [-0.15, -0.1) is 0 Å². The molecule has 0 saturated carbocycles.